The van der Waals surface area contributed by atoms with E-state index in [9.17, 15) is 4.79 Å². The van der Waals surface area contributed by atoms with Crippen LogP contribution in [-0.4, -0.2) is 11.0 Å². The quantitative estimate of drug-likeness (QED) is 0.781. The molecule has 90 valence electrons. The Morgan fingerprint density at radius 2 is 1.82 bits per heavy atom. The number of rotatable bonds is 2. The van der Waals surface area contributed by atoms with E-state index in [0.29, 0.717) is 17.5 Å². The van der Waals surface area contributed by atoms with E-state index in [1.807, 2.05) is 18.2 Å². The molecule has 0 saturated heterocycles. The number of benzene rings is 1. The highest BCUT2D eigenvalue weighted by atomic mass is 32.2. The summed E-state index contributed by atoms with van der Waals surface area (Å²) in [6.07, 6.45) is 2.80. The summed E-state index contributed by atoms with van der Waals surface area (Å²) in [5.41, 5.74) is 0.967. The molecule has 1 atom stereocenters. The molecule has 2 rings (SSSR count). The van der Waals surface area contributed by atoms with Gasteiger partial charge in [-0.25, -0.2) is 0 Å². The zero-order valence-corrected chi connectivity index (χ0v) is 11.4. The summed E-state index contributed by atoms with van der Waals surface area (Å²) in [6.45, 7) is 6.31. The number of carbonyl (C=O) groups excluding carboxylic acids is 1. The first kappa shape index (κ1) is 12.4. The predicted molar refractivity (Wildman–Crippen MR) is 73.2 cm³/mol. The van der Waals surface area contributed by atoms with Gasteiger partial charge in [0.15, 0.2) is 5.78 Å². The third-order valence-electron chi connectivity index (χ3n) is 2.88. The lowest BCUT2D eigenvalue weighted by Gasteiger charge is -2.18. The van der Waals surface area contributed by atoms with Crippen LogP contribution in [0.5, 0.6) is 0 Å². The lowest BCUT2D eigenvalue weighted by Crippen LogP contribution is -2.14. The number of hydrogen-bond donors (Lipinski definition) is 0. The molecule has 0 heterocycles. The zero-order chi connectivity index (χ0) is 12.5. The molecule has 0 aliphatic heterocycles. The molecular formula is C15H18OS. The Balaban J connectivity index is 2.11. The van der Waals surface area contributed by atoms with Gasteiger partial charge in [0.05, 0.1) is 0 Å². The highest BCUT2D eigenvalue weighted by Crippen LogP contribution is 2.38. The van der Waals surface area contributed by atoms with Gasteiger partial charge in [-0.1, -0.05) is 45.0 Å². The van der Waals surface area contributed by atoms with Crippen LogP contribution in [0.15, 0.2) is 46.9 Å². The molecule has 0 fully saturated rings. The van der Waals surface area contributed by atoms with Gasteiger partial charge < -0.3 is 0 Å². The van der Waals surface area contributed by atoms with Gasteiger partial charge in [0.2, 0.25) is 0 Å². The van der Waals surface area contributed by atoms with Crippen molar-refractivity contribution in [2.45, 2.75) is 37.3 Å². The predicted octanol–water partition coefficient (Wildman–Crippen LogP) is 4.09. The molecule has 0 bridgehead atoms. The number of hydrogen-bond acceptors (Lipinski definition) is 2. The maximum atomic E-state index is 11.9. The smallest absolute Gasteiger partial charge is 0.160 e. The van der Waals surface area contributed by atoms with E-state index in [1.54, 1.807) is 11.8 Å². The fraction of sp³-hybridized carbons (Fsp3) is 0.400. The Morgan fingerprint density at radius 3 is 2.35 bits per heavy atom. The van der Waals surface area contributed by atoms with Crippen LogP contribution < -0.4 is 0 Å². The first-order valence-corrected chi connectivity index (χ1v) is 6.82. The SMILES string of the molecule is CC(C)(C)C1=CC(Sc2ccccc2)CC1=O. The average Bonchev–Trinajstić information content (AvgIpc) is 2.60. The van der Waals surface area contributed by atoms with Crippen molar-refractivity contribution in [2.24, 2.45) is 5.41 Å². The average molecular weight is 246 g/mol. The lowest BCUT2D eigenvalue weighted by atomic mass is 9.85. The minimum atomic E-state index is -0.0247. The van der Waals surface area contributed by atoms with Crippen molar-refractivity contribution in [1.29, 1.82) is 0 Å². The van der Waals surface area contributed by atoms with Crippen LogP contribution in [0.1, 0.15) is 27.2 Å². The number of Topliss-reactive ketones (excluding diaryl/α,β-unsaturated/α-hetero) is 1. The number of allylic oxidation sites excluding steroid dienone is 1. The van der Waals surface area contributed by atoms with Gasteiger partial charge in [0, 0.05) is 16.6 Å². The fourth-order valence-electron chi connectivity index (χ4n) is 2.05. The maximum absolute atomic E-state index is 11.9. The fourth-order valence-corrected chi connectivity index (χ4v) is 3.15. The van der Waals surface area contributed by atoms with Crippen LogP contribution in [0.2, 0.25) is 0 Å². The molecule has 17 heavy (non-hydrogen) atoms. The summed E-state index contributed by atoms with van der Waals surface area (Å²) in [4.78, 5) is 13.2. The van der Waals surface area contributed by atoms with Crippen LogP contribution in [0.3, 0.4) is 0 Å². The topological polar surface area (TPSA) is 17.1 Å². The van der Waals surface area contributed by atoms with Crippen molar-refractivity contribution in [3.05, 3.63) is 42.0 Å². The van der Waals surface area contributed by atoms with Crippen LogP contribution in [0.25, 0.3) is 0 Å². The molecule has 0 saturated carbocycles. The van der Waals surface area contributed by atoms with Crippen molar-refractivity contribution in [3.8, 4) is 0 Å². The van der Waals surface area contributed by atoms with E-state index in [4.69, 9.17) is 0 Å². The van der Waals surface area contributed by atoms with Crippen LogP contribution in [0.4, 0.5) is 0 Å². The number of thioether (sulfide) groups is 1. The minimum Gasteiger partial charge on any atom is -0.294 e. The molecule has 1 nitrogen and oxygen atoms in total. The van der Waals surface area contributed by atoms with Crippen molar-refractivity contribution in [2.75, 3.05) is 0 Å². The lowest BCUT2D eigenvalue weighted by molar-refractivity contribution is -0.115. The summed E-state index contributed by atoms with van der Waals surface area (Å²) in [5, 5.41) is 0.305. The van der Waals surface area contributed by atoms with Crippen molar-refractivity contribution >= 4 is 17.5 Å². The van der Waals surface area contributed by atoms with Gasteiger partial charge >= 0.3 is 0 Å². The summed E-state index contributed by atoms with van der Waals surface area (Å²) >= 11 is 1.78. The van der Waals surface area contributed by atoms with E-state index in [-0.39, 0.29) is 5.41 Å². The van der Waals surface area contributed by atoms with E-state index in [1.165, 1.54) is 4.90 Å². The van der Waals surface area contributed by atoms with Gasteiger partial charge in [-0.05, 0) is 23.1 Å². The molecule has 0 N–H and O–H groups in total. The highest BCUT2D eigenvalue weighted by molar-refractivity contribution is 8.00. The summed E-state index contributed by atoms with van der Waals surface area (Å²) in [7, 11) is 0. The molecule has 2 heteroatoms. The van der Waals surface area contributed by atoms with Gasteiger partial charge in [0.25, 0.3) is 0 Å². The van der Waals surface area contributed by atoms with E-state index >= 15 is 0 Å². The van der Waals surface area contributed by atoms with E-state index in [0.717, 1.165) is 5.57 Å². The number of ketones is 1. The molecule has 1 unspecified atom stereocenters. The van der Waals surface area contributed by atoms with Crippen LogP contribution in [0, 0.1) is 5.41 Å². The molecule has 0 amide bonds. The molecular weight excluding hydrogens is 228 g/mol. The van der Waals surface area contributed by atoms with Gasteiger partial charge in [0.1, 0.15) is 0 Å². The summed E-state index contributed by atoms with van der Waals surface area (Å²) in [6, 6.07) is 10.3. The third kappa shape index (κ3) is 3.01. The maximum Gasteiger partial charge on any atom is 0.160 e. The minimum absolute atomic E-state index is 0.0247. The third-order valence-corrected chi connectivity index (χ3v) is 4.03. The van der Waals surface area contributed by atoms with Crippen molar-refractivity contribution in [1.82, 2.24) is 0 Å². The Bertz CT molecular complexity index is 440. The number of carbonyl (C=O) groups is 1. The Kier molecular flexibility index (Phi) is 3.43. The first-order valence-electron chi connectivity index (χ1n) is 5.94. The Labute approximate surface area is 107 Å². The molecule has 0 spiro atoms. The van der Waals surface area contributed by atoms with E-state index < -0.39 is 0 Å². The molecule has 1 aromatic carbocycles. The van der Waals surface area contributed by atoms with Gasteiger partial charge in [-0.15, -0.1) is 11.8 Å². The second-order valence-electron chi connectivity index (χ2n) is 5.43. The van der Waals surface area contributed by atoms with Crippen LogP contribution in [-0.2, 0) is 4.79 Å². The highest BCUT2D eigenvalue weighted by Gasteiger charge is 2.31. The molecule has 1 aromatic rings. The van der Waals surface area contributed by atoms with Gasteiger partial charge in [-0.3, -0.25) is 4.79 Å². The second kappa shape index (κ2) is 4.69. The Hall–Kier alpha value is -1.02. The Morgan fingerprint density at radius 1 is 1.18 bits per heavy atom. The molecule has 1 aliphatic rings. The van der Waals surface area contributed by atoms with Crippen molar-refractivity contribution in [3.63, 3.8) is 0 Å². The van der Waals surface area contributed by atoms with Gasteiger partial charge in [-0.2, -0.15) is 0 Å². The normalized spacial score (nSPS) is 20.5. The van der Waals surface area contributed by atoms with Crippen LogP contribution >= 0.6 is 11.8 Å². The molecule has 0 aromatic heterocycles. The summed E-state index contributed by atoms with van der Waals surface area (Å²) < 4.78 is 0. The monoisotopic (exact) mass is 246 g/mol. The largest absolute Gasteiger partial charge is 0.294 e. The second-order valence-corrected chi connectivity index (χ2v) is 6.74. The van der Waals surface area contributed by atoms with Crippen molar-refractivity contribution < 1.29 is 4.79 Å². The zero-order valence-electron chi connectivity index (χ0n) is 10.6. The first-order chi connectivity index (χ1) is 7.97. The summed E-state index contributed by atoms with van der Waals surface area (Å²) in [5.74, 6) is 0.311. The molecule has 0 radical (unpaired) electrons. The molecule has 1 aliphatic carbocycles. The standard InChI is InChI=1S/C15H18OS/c1-15(2,3)13-9-12(10-14(13)16)17-11-7-5-4-6-8-11/h4-9,12H,10H2,1-3H3. The van der Waals surface area contributed by atoms with E-state index in [2.05, 4.69) is 39.0 Å².